The number of rotatable bonds is 4. The third kappa shape index (κ3) is 4.02. The van der Waals surface area contributed by atoms with Crippen molar-refractivity contribution in [3.63, 3.8) is 0 Å². The van der Waals surface area contributed by atoms with E-state index < -0.39 is 5.37 Å². The Hall–Kier alpha value is -4.22. The van der Waals surface area contributed by atoms with Crippen LogP contribution in [0.25, 0.3) is 16.6 Å². The Morgan fingerprint density at radius 1 is 1.06 bits per heavy atom. The van der Waals surface area contributed by atoms with Gasteiger partial charge in [0.25, 0.3) is 5.91 Å². The molecular formula is C25H18N6OS. The van der Waals surface area contributed by atoms with E-state index in [0.717, 1.165) is 16.6 Å². The van der Waals surface area contributed by atoms with Crippen LogP contribution in [0.15, 0.2) is 94.1 Å². The summed E-state index contributed by atoms with van der Waals surface area (Å²) in [6.07, 6.45) is 0. The highest BCUT2D eigenvalue weighted by molar-refractivity contribution is 8.05. The van der Waals surface area contributed by atoms with Crippen molar-refractivity contribution >= 4 is 45.7 Å². The van der Waals surface area contributed by atoms with Crippen molar-refractivity contribution in [3.05, 3.63) is 95.3 Å². The smallest absolute Gasteiger partial charge is 0.269 e. The lowest BCUT2D eigenvalue weighted by atomic mass is 10.2. The predicted octanol–water partition coefficient (Wildman–Crippen LogP) is 5.95. The van der Waals surface area contributed by atoms with E-state index in [0.29, 0.717) is 22.2 Å². The fraction of sp³-hybridized carbons (Fsp3) is 0.0800. The monoisotopic (exact) mass is 450 g/mol. The number of benzene rings is 3. The van der Waals surface area contributed by atoms with Gasteiger partial charge in [-0.05, 0) is 43.3 Å². The van der Waals surface area contributed by atoms with Gasteiger partial charge in [0, 0.05) is 5.69 Å². The number of carbonyl (C=O) groups is 1. The molecular weight excluding hydrogens is 432 g/mol. The first-order chi connectivity index (χ1) is 16.1. The lowest BCUT2D eigenvalue weighted by molar-refractivity contribution is -0.117. The Morgan fingerprint density at radius 3 is 2.52 bits per heavy atom. The number of imidazole rings is 1. The van der Waals surface area contributed by atoms with Gasteiger partial charge >= 0.3 is 0 Å². The SMILES string of the molecule is Cc1ccc(N=NC2SC(=C(C#N)c3nc4ccccc4[nH]3)N(c3ccccc3)C2=O)cc1. The molecule has 8 heteroatoms. The van der Waals surface area contributed by atoms with Gasteiger partial charge in [0.1, 0.15) is 16.7 Å². The maximum Gasteiger partial charge on any atom is 0.269 e. The van der Waals surface area contributed by atoms with Crippen LogP contribution in [0.1, 0.15) is 11.4 Å². The summed E-state index contributed by atoms with van der Waals surface area (Å²) in [5.41, 5.74) is 4.28. The number of fused-ring (bicyclic) bond motifs is 1. The van der Waals surface area contributed by atoms with E-state index in [4.69, 9.17) is 0 Å². The number of allylic oxidation sites excluding steroid dienone is 1. The largest absolute Gasteiger partial charge is 0.337 e. The summed E-state index contributed by atoms with van der Waals surface area (Å²) in [6.45, 7) is 1.99. The number of azo groups is 1. The van der Waals surface area contributed by atoms with Gasteiger partial charge in [0.2, 0.25) is 5.37 Å². The quantitative estimate of drug-likeness (QED) is 0.307. The molecule has 1 atom stereocenters. The maximum atomic E-state index is 13.4. The van der Waals surface area contributed by atoms with Crippen molar-refractivity contribution < 1.29 is 4.79 Å². The van der Waals surface area contributed by atoms with Crippen LogP contribution >= 0.6 is 11.8 Å². The molecule has 0 bridgehead atoms. The number of nitriles is 1. The van der Waals surface area contributed by atoms with Crippen molar-refractivity contribution in [2.75, 3.05) is 4.90 Å². The van der Waals surface area contributed by atoms with E-state index in [2.05, 4.69) is 26.3 Å². The molecule has 1 amide bonds. The minimum absolute atomic E-state index is 0.263. The standard InChI is InChI=1S/C25H18N6OS/c1-16-11-13-17(14-12-16)29-30-23-24(32)31(18-7-3-2-4-8-18)25(33-23)19(15-26)22-27-20-9-5-6-10-21(20)28-22/h2-14,23H,1H3,(H,27,28). The van der Waals surface area contributed by atoms with Gasteiger partial charge in [-0.3, -0.25) is 9.69 Å². The fourth-order valence-electron chi connectivity index (χ4n) is 3.49. The Morgan fingerprint density at radius 2 is 1.79 bits per heavy atom. The first-order valence-corrected chi connectivity index (χ1v) is 11.1. The zero-order valence-corrected chi connectivity index (χ0v) is 18.5. The molecule has 4 aromatic rings. The maximum absolute atomic E-state index is 13.4. The zero-order chi connectivity index (χ0) is 22.8. The van der Waals surface area contributed by atoms with E-state index in [1.807, 2.05) is 85.8 Å². The summed E-state index contributed by atoms with van der Waals surface area (Å²) in [4.78, 5) is 22.7. The number of nitrogens with zero attached hydrogens (tertiary/aromatic N) is 5. The van der Waals surface area contributed by atoms with Crippen molar-refractivity contribution in [1.29, 1.82) is 5.26 Å². The molecule has 7 nitrogen and oxygen atoms in total. The van der Waals surface area contributed by atoms with Crippen LogP contribution in [0, 0.1) is 18.3 Å². The highest BCUT2D eigenvalue weighted by Gasteiger charge is 2.40. The molecule has 1 fully saturated rings. The number of nitrogens with one attached hydrogen (secondary N) is 1. The van der Waals surface area contributed by atoms with Crippen molar-refractivity contribution in [3.8, 4) is 6.07 Å². The highest BCUT2D eigenvalue weighted by Crippen LogP contribution is 2.43. The number of anilines is 1. The molecule has 33 heavy (non-hydrogen) atoms. The van der Waals surface area contributed by atoms with Crippen LogP contribution in [0.4, 0.5) is 11.4 Å². The van der Waals surface area contributed by atoms with Crippen molar-refractivity contribution in [2.45, 2.75) is 12.3 Å². The molecule has 1 N–H and O–H groups in total. The summed E-state index contributed by atoms with van der Waals surface area (Å²) in [5, 5.41) is 18.3. The first-order valence-electron chi connectivity index (χ1n) is 10.3. The average Bonchev–Trinajstić information content (AvgIpc) is 3.41. The first kappa shape index (κ1) is 20.7. The highest BCUT2D eigenvalue weighted by atomic mass is 32.2. The van der Waals surface area contributed by atoms with Gasteiger partial charge in [0.15, 0.2) is 5.82 Å². The second kappa shape index (κ2) is 8.73. The van der Waals surface area contributed by atoms with E-state index in [9.17, 15) is 10.1 Å². The summed E-state index contributed by atoms with van der Waals surface area (Å²) in [7, 11) is 0. The van der Waals surface area contributed by atoms with E-state index in [1.165, 1.54) is 16.7 Å². The van der Waals surface area contributed by atoms with Gasteiger partial charge < -0.3 is 4.98 Å². The Bertz CT molecular complexity index is 1400. The van der Waals surface area contributed by atoms with Crippen molar-refractivity contribution in [2.24, 2.45) is 10.2 Å². The molecule has 5 rings (SSSR count). The summed E-state index contributed by atoms with van der Waals surface area (Å²) in [5.74, 6) is 0.145. The number of H-pyrrole nitrogens is 1. The van der Waals surface area contributed by atoms with Crippen LogP contribution in [-0.4, -0.2) is 21.2 Å². The fourth-order valence-corrected chi connectivity index (χ4v) is 4.56. The topological polar surface area (TPSA) is 97.5 Å². The van der Waals surface area contributed by atoms with Gasteiger partial charge in [0.05, 0.1) is 16.7 Å². The number of carbonyl (C=O) groups excluding carboxylic acids is 1. The summed E-state index contributed by atoms with van der Waals surface area (Å²) < 4.78 is 0. The number of aromatic nitrogens is 2. The molecule has 3 aromatic carbocycles. The number of para-hydroxylation sites is 3. The second-order valence-corrected chi connectivity index (χ2v) is 8.49. The Labute approximate surface area is 194 Å². The molecule has 0 aliphatic carbocycles. The molecule has 0 spiro atoms. The van der Waals surface area contributed by atoms with Crippen LogP contribution in [0.2, 0.25) is 0 Å². The molecule has 1 aromatic heterocycles. The van der Waals surface area contributed by atoms with Gasteiger partial charge in [-0.15, -0.1) is 0 Å². The van der Waals surface area contributed by atoms with Gasteiger partial charge in [-0.1, -0.05) is 59.8 Å². The molecule has 0 saturated carbocycles. The number of thioether (sulfide) groups is 1. The lowest BCUT2D eigenvalue weighted by Gasteiger charge is -2.17. The van der Waals surface area contributed by atoms with E-state index >= 15 is 0 Å². The average molecular weight is 451 g/mol. The number of hydrogen-bond donors (Lipinski definition) is 1. The molecule has 1 unspecified atom stereocenters. The third-order valence-electron chi connectivity index (χ3n) is 5.14. The van der Waals surface area contributed by atoms with Gasteiger partial charge in [-0.25, -0.2) is 4.98 Å². The summed E-state index contributed by atoms with van der Waals surface area (Å²) in [6, 6.07) is 26.6. The minimum Gasteiger partial charge on any atom is -0.337 e. The Kier molecular flexibility index (Phi) is 5.47. The van der Waals surface area contributed by atoms with Crippen LogP contribution in [-0.2, 0) is 4.79 Å². The molecule has 1 aliphatic rings. The van der Waals surface area contributed by atoms with Crippen molar-refractivity contribution in [1.82, 2.24) is 9.97 Å². The zero-order valence-electron chi connectivity index (χ0n) is 17.6. The third-order valence-corrected chi connectivity index (χ3v) is 6.27. The molecule has 0 radical (unpaired) electrons. The number of amides is 1. The molecule has 1 aliphatic heterocycles. The summed E-state index contributed by atoms with van der Waals surface area (Å²) >= 11 is 1.19. The van der Waals surface area contributed by atoms with E-state index in [1.54, 1.807) is 0 Å². The van der Waals surface area contributed by atoms with Crippen LogP contribution in [0.3, 0.4) is 0 Å². The molecule has 2 heterocycles. The lowest BCUT2D eigenvalue weighted by Crippen LogP contribution is -2.28. The normalized spacial score (nSPS) is 17.6. The second-order valence-electron chi connectivity index (χ2n) is 7.42. The number of hydrogen-bond acceptors (Lipinski definition) is 6. The Balaban J connectivity index is 1.59. The minimum atomic E-state index is -0.811. The van der Waals surface area contributed by atoms with Crippen LogP contribution < -0.4 is 4.90 Å². The van der Waals surface area contributed by atoms with Crippen LogP contribution in [0.5, 0.6) is 0 Å². The van der Waals surface area contributed by atoms with E-state index in [-0.39, 0.29) is 11.5 Å². The molecule has 160 valence electrons. The van der Waals surface area contributed by atoms with Gasteiger partial charge in [-0.2, -0.15) is 15.5 Å². The number of aryl methyl sites for hydroxylation is 1. The number of aromatic amines is 1. The predicted molar refractivity (Wildman–Crippen MR) is 130 cm³/mol. The molecule has 1 saturated heterocycles.